The number of nitrogens with zero attached hydrogens (tertiary/aromatic N) is 1. The lowest BCUT2D eigenvalue weighted by molar-refractivity contribution is 0.00465. The third kappa shape index (κ3) is 5.12. The van der Waals surface area contributed by atoms with E-state index in [0.29, 0.717) is 13.2 Å². The van der Waals surface area contributed by atoms with Crippen LogP contribution in [0.15, 0.2) is 24.3 Å². The lowest BCUT2D eigenvalue weighted by Crippen LogP contribution is -2.42. The lowest BCUT2D eigenvalue weighted by Gasteiger charge is -2.28. The van der Waals surface area contributed by atoms with Gasteiger partial charge in [-0.25, -0.2) is 0 Å². The molecule has 0 saturated carbocycles. The molecule has 0 aliphatic carbocycles. The number of aryl methyl sites for hydroxylation is 1. The predicted octanol–water partition coefficient (Wildman–Crippen LogP) is 1.71. The summed E-state index contributed by atoms with van der Waals surface area (Å²) in [4.78, 5) is 2.21. The average molecular weight is 279 g/mol. The Balaban J connectivity index is 1.70. The van der Waals surface area contributed by atoms with Crippen LogP contribution in [0.5, 0.6) is 5.75 Å². The number of ether oxygens (including phenoxy) is 2. The molecule has 0 amide bonds. The molecule has 1 atom stereocenters. The van der Waals surface area contributed by atoms with Gasteiger partial charge in [0.1, 0.15) is 18.5 Å². The van der Waals surface area contributed by atoms with Crippen molar-refractivity contribution in [3.05, 3.63) is 29.8 Å². The molecule has 0 aromatic heterocycles. The van der Waals surface area contributed by atoms with Crippen molar-refractivity contribution < 1.29 is 14.6 Å². The minimum Gasteiger partial charge on any atom is -0.491 e. The summed E-state index contributed by atoms with van der Waals surface area (Å²) in [6.07, 6.45) is 1.79. The summed E-state index contributed by atoms with van der Waals surface area (Å²) in [6.45, 7) is 6.46. The number of β-amino-alcohol motifs (C(OH)–C–C–N with tert-alkyl or cyclic N) is 1. The van der Waals surface area contributed by atoms with Crippen molar-refractivity contribution in [3.8, 4) is 5.75 Å². The van der Waals surface area contributed by atoms with Gasteiger partial charge in [0, 0.05) is 19.6 Å². The Labute approximate surface area is 121 Å². The first-order valence-electron chi connectivity index (χ1n) is 7.48. The van der Waals surface area contributed by atoms with Crippen LogP contribution in [0, 0.1) is 0 Å². The summed E-state index contributed by atoms with van der Waals surface area (Å²) in [6, 6.07) is 8.14. The van der Waals surface area contributed by atoms with Gasteiger partial charge in [-0.2, -0.15) is 0 Å². The topological polar surface area (TPSA) is 41.9 Å². The fourth-order valence-electron chi connectivity index (χ4n) is 2.37. The Kier molecular flexibility index (Phi) is 6.30. The van der Waals surface area contributed by atoms with Crippen molar-refractivity contribution in [2.24, 2.45) is 0 Å². The molecule has 1 saturated heterocycles. The van der Waals surface area contributed by atoms with Gasteiger partial charge in [0.05, 0.1) is 13.2 Å². The second-order valence-electron chi connectivity index (χ2n) is 5.27. The molecule has 0 bridgehead atoms. The Bertz CT molecular complexity index is 374. The summed E-state index contributed by atoms with van der Waals surface area (Å²) < 4.78 is 10.9. The van der Waals surface area contributed by atoms with E-state index in [9.17, 15) is 5.11 Å². The first-order chi connectivity index (χ1) is 9.78. The van der Waals surface area contributed by atoms with Gasteiger partial charge in [-0.3, -0.25) is 4.90 Å². The average Bonchev–Trinajstić information content (AvgIpc) is 2.48. The predicted molar refractivity (Wildman–Crippen MR) is 79.2 cm³/mol. The van der Waals surface area contributed by atoms with Crippen molar-refractivity contribution in [2.45, 2.75) is 25.9 Å². The largest absolute Gasteiger partial charge is 0.491 e. The van der Waals surface area contributed by atoms with Crippen LogP contribution < -0.4 is 4.74 Å². The van der Waals surface area contributed by atoms with Gasteiger partial charge in [0.15, 0.2) is 0 Å². The van der Waals surface area contributed by atoms with Gasteiger partial charge in [0.2, 0.25) is 0 Å². The molecule has 1 aromatic carbocycles. The van der Waals surface area contributed by atoms with Gasteiger partial charge in [-0.05, 0) is 24.1 Å². The van der Waals surface area contributed by atoms with Crippen molar-refractivity contribution in [1.29, 1.82) is 0 Å². The maximum absolute atomic E-state index is 9.99. The molecule has 1 aliphatic rings. The molecule has 0 unspecified atom stereocenters. The van der Waals surface area contributed by atoms with Crippen LogP contribution in [0.2, 0.25) is 0 Å². The maximum Gasteiger partial charge on any atom is 0.119 e. The smallest absolute Gasteiger partial charge is 0.119 e. The Morgan fingerprint density at radius 3 is 2.60 bits per heavy atom. The van der Waals surface area contributed by atoms with Gasteiger partial charge in [-0.1, -0.05) is 25.5 Å². The van der Waals surface area contributed by atoms with Crippen LogP contribution in [0.1, 0.15) is 18.9 Å². The Hall–Kier alpha value is -1.10. The molecule has 1 aliphatic heterocycles. The highest BCUT2D eigenvalue weighted by Crippen LogP contribution is 2.13. The molecule has 1 fully saturated rings. The highest BCUT2D eigenvalue weighted by molar-refractivity contribution is 5.27. The summed E-state index contributed by atoms with van der Waals surface area (Å²) in [5.74, 6) is 0.825. The minimum atomic E-state index is -0.455. The van der Waals surface area contributed by atoms with E-state index in [2.05, 4.69) is 24.0 Å². The summed E-state index contributed by atoms with van der Waals surface area (Å²) in [5, 5.41) is 9.99. The number of morpholine rings is 1. The number of benzene rings is 1. The molecule has 112 valence electrons. The van der Waals surface area contributed by atoms with Crippen LogP contribution >= 0.6 is 0 Å². The summed E-state index contributed by atoms with van der Waals surface area (Å²) in [7, 11) is 0. The first kappa shape index (κ1) is 15.3. The molecule has 4 heteroatoms. The SMILES string of the molecule is CCCc1ccc(OC[C@@H](O)CN2CCOCC2)cc1. The fourth-order valence-corrected chi connectivity index (χ4v) is 2.37. The lowest BCUT2D eigenvalue weighted by atomic mass is 10.1. The normalized spacial score (nSPS) is 17.9. The van der Waals surface area contributed by atoms with E-state index < -0.39 is 6.10 Å². The van der Waals surface area contributed by atoms with Crippen molar-refractivity contribution in [1.82, 2.24) is 4.90 Å². The van der Waals surface area contributed by atoms with Crippen molar-refractivity contribution in [2.75, 3.05) is 39.5 Å². The molecular weight excluding hydrogens is 254 g/mol. The molecule has 2 rings (SSSR count). The van der Waals surface area contributed by atoms with Crippen LogP contribution in [-0.2, 0) is 11.2 Å². The van der Waals surface area contributed by atoms with Crippen molar-refractivity contribution in [3.63, 3.8) is 0 Å². The summed E-state index contributed by atoms with van der Waals surface area (Å²) in [5.41, 5.74) is 1.33. The van der Waals surface area contributed by atoms with Gasteiger partial charge < -0.3 is 14.6 Å². The monoisotopic (exact) mass is 279 g/mol. The van der Waals surface area contributed by atoms with Crippen LogP contribution in [0.3, 0.4) is 0 Å². The minimum absolute atomic E-state index is 0.338. The quantitative estimate of drug-likeness (QED) is 0.825. The standard InChI is InChI=1S/C16H25NO3/c1-2-3-14-4-6-16(7-5-14)20-13-15(18)12-17-8-10-19-11-9-17/h4-7,15,18H,2-3,8-13H2,1H3/t15-/m0/s1. The zero-order valence-electron chi connectivity index (χ0n) is 12.3. The number of hydrogen-bond acceptors (Lipinski definition) is 4. The highest BCUT2D eigenvalue weighted by Gasteiger charge is 2.15. The zero-order valence-corrected chi connectivity index (χ0v) is 12.3. The fraction of sp³-hybridized carbons (Fsp3) is 0.625. The molecular formula is C16H25NO3. The molecule has 1 N–H and O–H groups in total. The molecule has 0 spiro atoms. The second-order valence-corrected chi connectivity index (χ2v) is 5.27. The van der Waals surface area contributed by atoms with E-state index in [4.69, 9.17) is 9.47 Å². The number of rotatable bonds is 7. The van der Waals surface area contributed by atoms with Crippen LogP contribution in [0.4, 0.5) is 0 Å². The second kappa shape index (κ2) is 8.25. The van der Waals surface area contributed by atoms with Crippen molar-refractivity contribution >= 4 is 0 Å². The van der Waals surface area contributed by atoms with E-state index >= 15 is 0 Å². The van der Waals surface area contributed by atoms with E-state index in [1.807, 2.05) is 12.1 Å². The van der Waals surface area contributed by atoms with E-state index in [-0.39, 0.29) is 0 Å². The number of hydrogen-bond donors (Lipinski definition) is 1. The van der Waals surface area contributed by atoms with E-state index in [0.717, 1.165) is 44.9 Å². The highest BCUT2D eigenvalue weighted by atomic mass is 16.5. The zero-order chi connectivity index (χ0) is 14.2. The molecule has 4 nitrogen and oxygen atoms in total. The maximum atomic E-state index is 9.99. The van der Waals surface area contributed by atoms with E-state index in [1.54, 1.807) is 0 Å². The third-order valence-corrected chi connectivity index (χ3v) is 3.48. The molecule has 20 heavy (non-hydrogen) atoms. The number of aliphatic hydroxyl groups excluding tert-OH is 1. The molecule has 1 aromatic rings. The van der Waals surface area contributed by atoms with E-state index in [1.165, 1.54) is 5.56 Å². The Morgan fingerprint density at radius 2 is 1.95 bits per heavy atom. The van der Waals surface area contributed by atoms with Gasteiger partial charge in [-0.15, -0.1) is 0 Å². The van der Waals surface area contributed by atoms with Crippen LogP contribution in [0.25, 0.3) is 0 Å². The first-order valence-corrected chi connectivity index (χ1v) is 7.48. The summed E-state index contributed by atoms with van der Waals surface area (Å²) >= 11 is 0. The van der Waals surface area contributed by atoms with Gasteiger partial charge in [0.25, 0.3) is 0 Å². The molecule has 1 heterocycles. The third-order valence-electron chi connectivity index (χ3n) is 3.48. The van der Waals surface area contributed by atoms with Gasteiger partial charge >= 0.3 is 0 Å². The number of aliphatic hydroxyl groups is 1. The molecule has 0 radical (unpaired) electrons. The Morgan fingerprint density at radius 1 is 1.25 bits per heavy atom. The van der Waals surface area contributed by atoms with Crippen LogP contribution in [-0.4, -0.2) is 55.6 Å².